The van der Waals surface area contributed by atoms with Crippen LogP contribution < -0.4 is 0 Å². The first-order chi connectivity index (χ1) is 6.63. The zero-order valence-corrected chi connectivity index (χ0v) is 9.51. The van der Waals surface area contributed by atoms with Crippen molar-refractivity contribution < 1.29 is 13.7 Å². The Labute approximate surface area is 87.1 Å². The fourth-order valence-corrected chi connectivity index (χ4v) is 3.10. The summed E-state index contributed by atoms with van der Waals surface area (Å²) in [5.41, 5.74) is 0. The second-order valence-electron chi connectivity index (χ2n) is 4.05. The maximum absolute atomic E-state index is 11.8. The number of ether oxygens (including phenoxy) is 2. The average Bonchev–Trinajstić information content (AvgIpc) is 2.76. The van der Waals surface area contributed by atoms with Gasteiger partial charge in [-0.05, 0) is 13.8 Å². The molecule has 0 N–H and O–H groups in total. The van der Waals surface area contributed by atoms with E-state index in [9.17, 15) is 4.21 Å². The first-order valence-electron chi connectivity index (χ1n) is 5.06. The number of hydrogen-bond acceptors (Lipinski definition) is 3. The summed E-state index contributed by atoms with van der Waals surface area (Å²) in [5, 5.41) is 0.173. The number of nitrogens with zero attached hydrogens (tertiary/aromatic N) is 1. The Morgan fingerprint density at radius 1 is 1.36 bits per heavy atom. The molecule has 0 saturated carbocycles. The molecule has 0 aliphatic carbocycles. The molecule has 0 bridgehead atoms. The van der Waals surface area contributed by atoms with Gasteiger partial charge in [0.15, 0.2) is 5.79 Å². The van der Waals surface area contributed by atoms with Crippen LogP contribution in [0.4, 0.5) is 0 Å². The monoisotopic (exact) mass is 219 g/mol. The summed E-state index contributed by atoms with van der Waals surface area (Å²) >= 11 is 0. The molecular weight excluding hydrogens is 202 g/mol. The van der Waals surface area contributed by atoms with Gasteiger partial charge in [-0.15, -0.1) is 0 Å². The Morgan fingerprint density at radius 3 is 2.57 bits per heavy atom. The van der Waals surface area contributed by atoms with Crippen LogP contribution in [0.25, 0.3) is 0 Å². The standard InChI is InChI=1S/C9H17NO3S/c1-8(2)14(11)10-4-3-9(7-10)12-5-6-13-9/h8H,3-7H2,1-2H3. The van der Waals surface area contributed by atoms with Crippen molar-refractivity contribution in [2.75, 3.05) is 26.3 Å². The van der Waals surface area contributed by atoms with Gasteiger partial charge in [0, 0.05) is 18.2 Å². The van der Waals surface area contributed by atoms with E-state index in [1.54, 1.807) is 0 Å². The summed E-state index contributed by atoms with van der Waals surface area (Å²) < 4.78 is 24.9. The van der Waals surface area contributed by atoms with Crippen LogP contribution in [0.15, 0.2) is 0 Å². The van der Waals surface area contributed by atoms with E-state index in [1.165, 1.54) is 0 Å². The van der Waals surface area contributed by atoms with E-state index in [4.69, 9.17) is 9.47 Å². The molecule has 82 valence electrons. The van der Waals surface area contributed by atoms with E-state index in [1.807, 2.05) is 18.2 Å². The predicted molar refractivity (Wildman–Crippen MR) is 54.1 cm³/mol. The molecule has 2 fully saturated rings. The quantitative estimate of drug-likeness (QED) is 0.679. The van der Waals surface area contributed by atoms with Crippen LogP contribution in [0.3, 0.4) is 0 Å². The zero-order chi connectivity index (χ0) is 10.2. The van der Waals surface area contributed by atoms with Crippen molar-refractivity contribution in [2.45, 2.75) is 31.3 Å². The van der Waals surface area contributed by atoms with Crippen molar-refractivity contribution >= 4 is 11.0 Å². The summed E-state index contributed by atoms with van der Waals surface area (Å²) in [5.74, 6) is -0.440. The third-order valence-corrected chi connectivity index (χ3v) is 4.26. The van der Waals surface area contributed by atoms with Gasteiger partial charge >= 0.3 is 0 Å². The molecule has 0 amide bonds. The van der Waals surface area contributed by atoms with Crippen LogP contribution in [0.2, 0.25) is 0 Å². The van der Waals surface area contributed by atoms with Crippen molar-refractivity contribution in [3.8, 4) is 0 Å². The molecule has 2 rings (SSSR count). The fraction of sp³-hybridized carbons (Fsp3) is 1.00. The van der Waals surface area contributed by atoms with Crippen LogP contribution in [-0.2, 0) is 20.5 Å². The largest absolute Gasteiger partial charge is 0.346 e. The van der Waals surface area contributed by atoms with Crippen LogP contribution in [0.5, 0.6) is 0 Å². The number of hydrogen-bond donors (Lipinski definition) is 0. The van der Waals surface area contributed by atoms with Gasteiger partial charge in [0.25, 0.3) is 0 Å². The highest BCUT2D eigenvalue weighted by molar-refractivity contribution is 7.83. The van der Waals surface area contributed by atoms with Crippen LogP contribution in [0, 0.1) is 0 Å². The first-order valence-corrected chi connectivity index (χ1v) is 6.23. The highest BCUT2D eigenvalue weighted by Gasteiger charge is 2.45. The molecule has 1 unspecified atom stereocenters. The van der Waals surface area contributed by atoms with E-state index in [-0.39, 0.29) is 5.25 Å². The highest BCUT2D eigenvalue weighted by Crippen LogP contribution is 2.31. The molecule has 1 atom stereocenters. The lowest BCUT2D eigenvalue weighted by Crippen LogP contribution is -2.36. The molecule has 2 aliphatic heterocycles. The average molecular weight is 219 g/mol. The zero-order valence-electron chi connectivity index (χ0n) is 8.69. The minimum atomic E-state index is -0.896. The molecule has 0 radical (unpaired) electrons. The summed E-state index contributed by atoms with van der Waals surface area (Å²) in [6, 6.07) is 0. The van der Waals surface area contributed by atoms with Crippen LogP contribution in [0.1, 0.15) is 20.3 Å². The van der Waals surface area contributed by atoms with Gasteiger partial charge in [-0.3, -0.25) is 0 Å². The molecule has 1 spiro atoms. The van der Waals surface area contributed by atoms with Gasteiger partial charge in [-0.1, -0.05) is 0 Å². The van der Waals surface area contributed by atoms with E-state index < -0.39 is 16.8 Å². The van der Waals surface area contributed by atoms with Gasteiger partial charge in [0.05, 0.1) is 30.7 Å². The van der Waals surface area contributed by atoms with Crippen molar-refractivity contribution in [3.63, 3.8) is 0 Å². The van der Waals surface area contributed by atoms with E-state index in [0.717, 1.165) is 13.0 Å². The molecule has 4 nitrogen and oxygen atoms in total. The van der Waals surface area contributed by atoms with Gasteiger partial charge in [-0.25, -0.2) is 8.51 Å². The molecule has 2 saturated heterocycles. The number of rotatable bonds is 2. The lowest BCUT2D eigenvalue weighted by molar-refractivity contribution is -0.142. The highest BCUT2D eigenvalue weighted by atomic mass is 32.2. The molecular formula is C9H17NO3S. The Bertz CT molecular complexity index is 238. The van der Waals surface area contributed by atoms with Gasteiger partial charge in [0.2, 0.25) is 0 Å². The third-order valence-electron chi connectivity index (χ3n) is 2.63. The Morgan fingerprint density at radius 2 is 2.00 bits per heavy atom. The topological polar surface area (TPSA) is 38.8 Å². The van der Waals surface area contributed by atoms with E-state index in [0.29, 0.717) is 19.8 Å². The lowest BCUT2D eigenvalue weighted by atomic mass is 10.2. The Kier molecular flexibility index (Phi) is 2.93. The van der Waals surface area contributed by atoms with E-state index >= 15 is 0 Å². The Hall–Kier alpha value is 0.0300. The van der Waals surface area contributed by atoms with Crippen LogP contribution >= 0.6 is 0 Å². The van der Waals surface area contributed by atoms with Gasteiger partial charge < -0.3 is 9.47 Å². The fourth-order valence-electron chi connectivity index (χ4n) is 1.91. The molecule has 5 heteroatoms. The Balaban J connectivity index is 1.97. The lowest BCUT2D eigenvalue weighted by Gasteiger charge is -2.22. The molecule has 0 aromatic carbocycles. The minimum absolute atomic E-state index is 0.173. The summed E-state index contributed by atoms with van der Waals surface area (Å²) in [4.78, 5) is 0. The molecule has 2 heterocycles. The maximum Gasteiger partial charge on any atom is 0.183 e. The normalized spacial score (nSPS) is 29.1. The smallest absolute Gasteiger partial charge is 0.183 e. The molecule has 0 aromatic heterocycles. The maximum atomic E-state index is 11.8. The van der Waals surface area contributed by atoms with Crippen molar-refractivity contribution in [1.29, 1.82) is 0 Å². The summed E-state index contributed by atoms with van der Waals surface area (Å²) in [7, 11) is -0.896. The second-order valence-corrected chi connectivity index (χ2v) is 6.06. The summed E-state index contributed by atoms with van der Waals surface area (Å²) in [6.45, 7) is 6.74. The minimum Gasteiger partial charge on any atom is -0.346 e. The van der Waals surface area contributed by atoms with Crippen molar-refractivity contribution in [1.82, 2.24) is 4.31 Å². The summed E-state index contributed by atoms with van der Waals surface area (Å²) in [6.07, 6.45) is 0.839. The second kappa shape index (κ2) is 3.89. The van der Waals surface area contributed by atoms with Crippen molar-refractivity contribution in [2.24, 2.45) is 0 Å². The molecule has 2 aliphatic rings. The van der Waals surface area contributed by atoms with Crippen LogP contribution in [-0.4, -0.2) is 45.9 Å². The van der Waals surface area contributed by atoms with Gasteiger partial charge in [0.1, 0.15) is 0 Å². The predicted octanol–water partition coefficient (Wildman–Crippen LogP) is 0.507. The van der Waals surface area contributed by atoms with E-state index in [2.05, 4.69) is 0 Å². The molecule has 0 aromatic rings. The van der Waals surface area contributed by atoms with Gasteiger partial charge in [-0.2, -0.15) is 0 Å². The first kappa shape index (κ1) is 10.5. The SMILES string of the molecule is CC(C)S(=O)N1CCC2(C1)OCCO2. The third kappa shape index (κ3) is 1.86. The van der Waals surface area contributed by atoms with Crippen molar-refractivity contribution in [3.05, 3.63) is 0 Å². The molecule has 14 heavy (non-hydrogen) atoms.